The molecular formula is C19H17NO. The van der Waals surface area contributed by atoms with Crippen LogP contribution >= 0.6 is 0 Å². The van der Waals surface area contributed by atoms with Crippen LogP contribution in [-0.2, 0) is 4.79 Å². The van der Waals surface area contributed by atoms with Crippen LogP contribution in [0.25, 0.3) is 0 Å². The number of carbonyl (C=O) groups is 1. The fraction of sp³-hybridized carbons (Fsp3) is 0.211. The molecule has 1 atom stereocenters. The van der Waals surface area contributed by atoms with Crippen LogP contribution in [0.3, 0.4) is 0 Å². The third-order valence-corrected chi connectivity index (χ3v) is 4.44. The Morgan fingerprint density at radius 1 is 0.905 bits per heavy atom. The molecule has 1 aliphatic heterocycles. The summed E-state index contributed by atoms with van der Waals surface area (Å²) in [5.41, 5.74) is 5.65. The Labute approximate surface area is 124 Å². The molecule has 0 aromatic heterocycles. The summed E-state index contributed by atoms with van der Waals surface area (Å²) in [5.74, 6) is 0.374. The number of nitrogens with one attached hydrogen (secondary N) is 1. The van der Waals surface area contributed by atoms with Crippen molar-refractivity contribution in [2.75, 3.05) is 5.32 Å². The van der Waals surface area contributed by atoms with E-state index in [9.17, 15) is 4.79 Å². The number of para-hydroxylation sites is 1. The lowest BCUT2D eigenvalue weighted by Crippen LogP contribution is -2.26. The molecule has 1 heterocycles. The SMILES string of the molecule is O=C1CCCC2=C1C(c1ccccc1)c1ccccc1N2. The summed E-state index contributed by atoms with van der Waals surface area (Å²) in [6, 6.07) is 18.7. The van der Waals surface area contributed by atoms with Crippen LogP contribution in [0.15, 0.2) is 65.9 Å². The van der Waals surface area contributed by atoms with E-state index in [1.807, 2.05) is 24.3 Å². The van der Waals surface area contributed by atoms with Gasteiger partial charge in [0.2, 0.25) is 0 Å². The number of carbonyl (C=O) groups excluding carboxylic acids is 1. The molecule has 2 nitrogen and oxygen atoms in total. The Hall–Kier alpha value is -2.35. The van der Waals surface area contributed by atoms with E-state index in [0.29, 0.717) is 12.2 Å². The Morgan fingerprint density at radius 3 is 2.52 bits per heavy atom. The van der Waals surface area contributed by atoms with Crippen molar-refractivity contribution in [2.24, 2.45) is 0 Å². The molecule has 0 saturated heterocycles. The lowest BCUT2D eigenvalue weighted by Gasteiger charge is -2.34. The maximum absolute atomic E-state index is 12.5. The van der Waals surface area contributed by atoms with Crippen LogP contribution in [0, 0.1) is 0 Å². The molecule has 1 aliphatic carbocycles. The highest BCUT2D eigenvalue weighted by atomic mass is 16.1. The van der Waals surface area contributed by atoms with Gasteiger partial charge >= 0.3 is 0 Å². The van der Waals surface area contributed by atoms with E-state index < -0.39 is 0 Å². The second kappa shape index (κ2) is 4.88. The third-order valence-electron chi connectivity index (χ3n) is 4.44. The Bertz CT molecular complexity index is 730. The minimum Gasteiger partial charge on any atom is -0.358 e. The highest BCUT2D eigenvalue weighted by Crippen LogP contribution is 2.44. The van der Waals surface area contributed by atoms with Crippen molar-refractivity contribution in [3.05, 3.63) is 77.0 Å². The molecule has 0 radical (unpaired) electrons. The number of benzene rings is 2. The average molecular weight is 275 g/mol. The van der Waals surface area contributed by atoms with Crippen molar-refractivity contribution in [3.63, 3.8) is 0 Å². The first-order valence-corrected chi connectivity index (χ1v) is 7.52. The zero-order chi connectivity index (χ0) is 14.2. The van der Waals surface area contributed by atoms with Crippen LogP contribution in [-0.4, -0.2) is 5.78 Å². The van der Waals surface area contributed by atoms with Gasteiger partial charge in [0.1, 0.15) is 0 Å². The number of allylic oxidation sites excluding steroid dienone is 2. The van der Waals surface area contributed by atoms with Crippen LogP contribution < -0.4 is 5.32 Å². The summed E-state index contributed by atoms with van der Waals surface area (Å²) >= 11 is 0. The first-order valence-electron chi connectivity index (χ1n) is 7.52. The summed E-state index contributed by atoms with van der Waals surface area (Å²) in [5, 5.41) is 3.49. The minimum atomic E-state index is 0.0754. The minimum absolute atomic E-state index is 0.0754. The molecule has 2 aromatic carbocycles. The molecule has 21 heavy (non-hydrogen) atoms. The van der Waals surface area contributed by atoms with Gasteiger partial charge in [-0.2, -0.15) is 0 Å². The van der Waals surface area contributed by atoms with Gasteiger partial charge in [-0.05, 0) is 30.0 Å². The van der Waals surface area contributed by atoms with Crippen molar-refractivity contribution in [1.29, 1.82) is 0 Å². The van der Waals surface area contributed by atoms with E-state index in [4.69, 9.17) is 0 Å². The molecule has 0 amide bonds. The molecule has 104 valence electrons. The van der Waals surface area contributed by atoms with Crippen molar-refractivity contribution < 1.29 is 4.79 Å². The number of rotatable bonds is 1. The predicted molar refractivity (Wildman–Crippen MR) is 84.2 cm³/mol. The number of ketones is 1. The summed E-state index contributed by atoms with van der Waals surface area (Å²) in [6.45, 7) is 0. The number of fused-ring (bicyclic) bond motifs is 1. The van der Waals surface area contributed by atoms with E-state index in [2.05, 4.69) is 35.6 Å². The van der Waals surface area contributed by atoms with Crippen LogP contribution in [0.4, 0.5) is 5.69 Å². The van der Waals surface area contributed by atoms with Gasteiger partial charge < -0.3 is 5.32 Å². The Kier molecular flexibility index (Phi) is 2.88. The molecule has 0 spiro atoms. The summed E-state index contributed by atoms with van der Waals surface area (Å²) in [6.07, 6.45) is 2.60. The van der Waals surface area contributed by atoms with Gasteiger partial charge in [-0.3, -0.25) is 4.79 Å². The maximum atomic E-state index is 12.5. The topological polar surface area (TPSA) is 29.1 Å². The van der Waals surface area contributed by atoms with Gasteiger partial charge in [0.25, 0.3) is 0 Å². The molecule has 1 N–H and O–H groups in total. The Morgan fingerprint density at radius 2 is 1.67 bits per heavy atom. The summed E-state index contributed by atoms with van der Waals surface area (Å²) < 4.78 is 0. The number of hydrogen-bond donors (Lipinski definition) is 1. The molecule has 2 heteroatoms. The molecule has 0 saturated carbocycles. The fourth-order valence-corrected chi connectivity index (χ4v) is 3.50. The zero-order valence-corrected chi connectivity index (χ0v) is 11.8. The van der Waals surface area contributed by atoms with Crippen LogP contribution in [0.2, 0.25) is 0 Å². The average Bonchev–Trinajstić information content (AvgIpc) is 2.54. The van der Waals surface area contributed by atoms with Crippen molar-refractivity contribution in [3.8, 4) is 0 Å². The monoisotopic (exact) mass is 275 g/mol. The van der Waals surface area contributed by atoms with E-state index in [0.717, 1.165) is 29.8 Å². The van der Waals surface area contributed by atoms with Gasteiger partial charge in [0.05, 0.1) is 0 Å². The predicted octanol–water partition coefficient (Wildman–Crippen LogP) is 4.25. The molecule has 4 rings (SSSR count). The van der Waals surface area contributed by atoms with Gasteiger partial charge in [-0.1, -0.05) is 48.5 Å². The second-order valence-electron chi connectivity index (χ2n) is 5.72. The highest BCUT2D eigenvalue weighted by Gasteiger charge is 2.34. The molecular weight excluding hydrogens is 258 g/mol. The summed E-state index contributed by atoms with van der Waals surface area (Å²) in [7, 11) is 0. The molecule has 0 bridgehead atoms. The highest BCUT2D eigenvalue weighted by molar-refractivity contribution is 6.01. The second-order valence-corrected chi connectivity index (χ2v) is 5.72. The van der Waals surface area contributed by atoms with Gasteiger partial charge in [0.15, 0.2) is 5.78 Å². The van der Waals surface area contributed by atoms with Gasteiger partial charge in [-0.15, -0.1) is 0 Å². The normalized spacial score (nSPS) is 20.6. The standard InChI is InChI=1S/C19H17NO/c21-17-12-6-11-16-19(17)18(13-7-2-1-3-8-13)14-9-4-5-10-15(14)20-16/h1-5,7-10,18,20H,6,11-12H2. The zero-order valence-electron chi connectivity index (χ0n) is 11.8. The van der Waals surface area contributed by atoms with Crippen LogP contribution in [0.1, 0.15) is 36.3 Å². The maximum Gasteiger partial charge on any atom is 0.161 e. The lowest BCUT2D eigenvalue weighted by molar-refractivity contribution is -0.116. The Balaban J connectivity index is 1.95. The number of anilines is 1. The van der Waals surface area contributed by atoms with Crippen LogP contribution in [0.5, 0.6) is 0 Å². The van der Waals surface area contributed by atoms with Crippen molar-refractivity contribution >= 4 is 11.5 Å². The molecule has 0 fully saturated rings. The van der Waals surface area contributed by atoms with Gasteiger partial charge in [-0.25, -0.2) is 0 Å². The van der Waals surface area contributed by atoms with Gasteiger partial charge in [0, 0.05) is 29.3 Å². The number of hydrogen-bond acceptors (Lipinski definition) is 2. The van der Waals surface area contributed by atoms with E-state index in [1.54, 1.807) is 0 Å². The summed E-state index contributed by atoms with van der Waals surface area (Å²) in [4.78, 5) is 12.5. The first kappa shape index (κ1) is 12.4. The quantitative estimate of drug-likeness (QED) is 0.843. The molecule has 2 aromatic rings. The first-order chi connectivity index (χ1) is 10.3. The molecule has 2 aliphatic rings. The van der Waals surface area contributed by atoms with E-state index in [-0.39, 0.29) is 5.92 Å². The van der Waals surface area contributed by atoms with Crippen molar-refractivity contribution in [1.82, 2.24) is 0 Å². The van der Waals surface area contributed by atoms with Crippen molar-refractivity contribution in [2.45, 2.75) is 25.2 Å². The molecule has 1 unspecified atom stereocenters. The lowest BCUT2D eigenvalue weighted by atomic mass is 9.75. The van der Waals surface area contributed by atoms with E-state index in [1.165, 1.54) is 11.1 Å². The van der Waals surface area contributed by atoms with E-state index >= 15 is 0 Å². The third kappa shape index (κ3) is 1.99. The fourth-order valence-electron chi connectivity index (χ4n) is 3.50. The number of Topliss-reactive ketones (excluding diaryl/α,β-unsaturated/α-hetero) is 1. The smallest absolute Gasteiger partial charge is 0.161 e. The largest absolute Gasteiger partial charge is 0.358 e.